The van der Waals surface area contributed by atoms with Gasteiger partial charge in [-0.2, -0.15) is 0 Å². The molecule has 0 amide bonds. The van der Waals surface area contributed by atoms with Crippen molar-refractivity contribution >= 4 is 23.0 Å². The van der Waals surface area contributed by atoms with E-state index in [9.17, 15) is 9.18 Å². The molecule has 1 rings (SSSR count). The van der Waals surface area contributed by atoms with E-state index in [2.05, 4.69) is 11.9 Å². The van der Waals surface area contributed by atoms with Crippen molar-refractivity contribution in [1.29, 1.82) is 0 Å². The molecule has 1 aromatic carbocycles. The molecule has 86 valence electrons. The van der Waals surface area contributed by atoms with Gasteiger partial charge in [-0.1, -0.05) is 6.08 Å². The number of carboxylic acid groups (broad SMARTS) is 1. The number of halogens is 1. The minimum absolute atomic E-state index is 0.0893. The van der Waals surface area contributed by atoms with Crippen molar-refractivity contribution in [3.8, 4) is 0 Å². The lowest BCUT2D eigenvalue weighted by Gasteiger charge is -2.14. The predicted molar refractivity (Wildman–Crippen MR) is 60.5 cm³/mol. The molecule has 0 bridgehead atoms. The summed E-state index contributed by atoms with van der Waals surface area (Å²) in [5, 5.41) is 11.3. The Morgan fingerprint density at radius 3 is 2.69 bits per heavy atom. The third-order valence-electron chi connectivity index (χ3n) is 2.02. The molecule has 0 heterocycles. The molecule has 0 aliphatic heterocycles. The third-order valence-corrected chi connectivity index (χ3v) is 2.02. The van der Waals surface area contributed by atoms with Gasteiger partial charge in [0.1, 0.15) is 6.04 Å². The highest BCUT2D eigenvalue weighted by Crippen LogP contribution is 2.26. The molecule has 0 saturated heterocycles. The van der Waals surface area contributed by atoms with Crippen LogP contribution in [-0.2, 0) is 4.79 Å². The van der Waals surface area contributed by atoms with Crippen molar-refractivity contribution in [3.05, 3.63) is 30.6 Å². The molecule has 1 aromatic rings. The molecule has 6 N–H and O–H groups in total. The zero-order valence-electron chi connectivity index (χ0n) is 8.40. The molecule has 0 saturated carbocycles. The minimum atomic E-state index is -1.13. The fourth-order valence-corrected chi connectivity index (χ4v) is 1.12. The smallest absolute Gasteiger partial charge is 0.330 e. The topological polar surface area (TPSA) is 101 Å². The van der Waals surface area contributed by atoms with Gasteiger partial charge >= 0.3 is 5.97 Å². The van der Waals surface area contributed by atoms with Gasteiger partial charge in [-0.3, -0.25) is 0 Å². The molecular weight excluding hydrogens is 213 g/mol. The van der Waals surface area contributed by atoms with Crippen LogP contribution in [0.25, 0.3) is 0 Å². The van der Waals surface area contributed by atoms with E-state index in [-0.39, 0.29) is 17.1 Å². The van der Waals surface area contributed by atoms with E-state index in [4.69, 9.17) is 16.6 Å². The number of carbonyl (C=O) groups is 1. The van der Waals surface area contributed by atoms with Gasteiger partial charge < -0.3 is 21.9 Å². The number of hydrogen-bond acceptors (Lipinski definition) is 4. The summed E-state index contributed by atoms with van der Waals surface area (Å²) in [7, 11) is 0. The average Bonchev–Trinajstić information content (AvgIpc) is 2.25. The van der Waals surface area contributed by atoms with Crippen LogP contribution in [0.4, 0.5) is 21.5 Å². The monoisotopic (exact) mass is 225 g/mol. The third kappa shape index (κ3) is 2.22. The fourth-order valence-electron chi connectivity index (χ4n) is 1.12. The second kappa shape index (κ2) is 4.52. The Balaban J connectivity index is 3.02. The Hall–Kier alpha value is -2.24. The van der Waals surface area contributed by atoms with E-state index in [1.54, 1.807) is 0 Å². The van der Waals surface area contributed by atoms with Gasteiger partial charge in [-0.25, -0.2) is 9.18 Å². The Kier molecular flexibility index (Phi) is 3.34. The highest BCUT2D eigenvalue weighted by Gasteiger charge is 2.16. The van der Waals surface area contributed by atoms with Gasteiger partial charge in [0.05, 0.1) is 17.1 Å². The molecule has 0 radical (unpaired) electrons. The van der Waals surface area contributed by atoms with Crippen molar-refractivity contribution in [2.24, 2.45) is 0 Å². The van der Waals surface area contributed by atoms with Crippen molar-refractivity contribution in [3.63, 3.8) is 0 Å². The van der Waals surface area contributed by atoms with Crippen molar-refractivity contribution in [2.75, 3.05) is 16.8 Å². The largest absolute Gasteiger partial charge is 0.479 e. The molecule has 0 spiro atoms. The first-order valence-electron chi connectivity index (χ1n) is 4.42. The van der Waals surface area contributed by atoms with Gasteiger partial charge in [0, 0.05) is 0 Å². The molecule has 0 aromatic heterocycles. The summed E-state index contributed by atoms with van der Waals surface area (Å²) in [6, 6.07) is 1.67. The lowest BCUT2D eigenvalue weighted by atomic mass is 10.2. The predicted octanol–water partition coefficient (Wildman–Crippen LogP) is 1.04. The Morgan fingerprint density at radius 1 is 1.56 bits per heavy atom. The van der Waals surface area contributed by atoms with Crippen LogP contribution < -0.4 is 16.8 Å². The molecule has 0 fully saturated rings. The molecule has 1 atom stereocenters. The van der Waals surface area contributed by atoms with E-state index < -0.39 is 17.8 Å². The average molecular weight is 225 g/mol. The van der Waals surface area contributed by atoms with E-state index >= 15 is 0 Å². The van der Waals surface area contributed by atoms with E-state index in [1.165, 1.54) is 18.2 Å². The number of benzene rings is 1. The molecule has 1 unspecified atom stereocenters. The quantitative estimate of drug-likeness (QED) is 0.453. The van der Waals surface area contributed by atoms with Gasteiger partial charge in [0.2, 0.25) is 0 Å². The van der Waals surface area contributed by atoms with Gasteiger partial charge in [-0.15, -0.1) is 6.58 Å². The van der Waals surface area contributed by atoms with Gasteiger partial charge in [0.15, 0.2) is 5.82 Å². The van der Waals surface area contributed by atoms with Crippen molar-refractivity contribution in [1.82, 2.24) is 0 Å². The Labute approximate surface area is 91.6 Å². The second-order valence-corrected chi connectivity index (χ2v) is 3.13. The van der Waals surface area contributed by atoms with Crippen LogP contribution in [0.3, 0.4) is 0 Å². The van der Waals surface area contributed by atoms with Crippen LogP contribution in [-0.4, -0.2) is 17.1 Å². The lowest BCUT2D eigenvalue weighted by molar-refractivity contribution is -0.136. The molecule has 0 aliphatic rings. The van der Waals surface area contributed by atoms with Crippen LogP contribution in [0, 0.1) is 5.82 Å². The first-order chi connectivity index (χ1) is 7.47. The lowest BCUT2D eigenvalue weighted by Crippen LogP contribution is -2.27. The molecule has 6 heteroatoms. The summed E-state index contributed by atoms with van der Waals surface area (Å²) in [4.78, 5) is 10.7. The molecular formula is C10H12FN3O2. The number of nitrogens with two attached hydrogens (primary N) is 2. The highest BCUT2D eigenvalue weighted by molar-refractivity contribution is 5.82. The summed E-state index contributed by atoms with van der Waals surface area (Å²) in [6.45, 7) is 3.35. The number of hydrogen-bond donors (Lipinski definition) is 4. The van der Waals surface area contributed by atoms with Crippen molar-refractivity contribution < 1.29 is 14.3 Å². The van der Waals surface area contributed by atoms with Gasteiger partial charge in [0.25, 0.3) is 0 Å². The van der Waals surface area contributed by atoms with Crippen molar-refractivity contribution in [2.45, 2.75) is 6.04 Å². The normalized spacial score (nSPS) is 11.8. The molecule has 0 aliphatic carbocycles. The summed E-state index contributed by atoms with van der Waals surface area (Å²) >= 11 is 0. The number of nitrogens with one attached hydrogen (secondary N) is 1. The molecule has 5 nitrogen and oxygen atoms in total. The SMILES string of the molecule is C=CC(Nc1ccc(N)c(F)c1N)C(=O)O. The maximum Gasteiger partial charge on any atom is 0.330 e. The zero-order valence-corrected chi connectivity index (χ0v) is 8.40. The van der Waals surface area contributed by atoms with Crippen LogP contribution in [0.15, 0.2) is 24.8 Å². The van der Waals surface area contributed by atoms with Crippen LogP contribution in [0.5, 0.6) is 0 Å². The van der Waals surface area contributed by atoms with E-state index in [0.29, 0.717) is 0 Å². The van der Waals surface area contributed by atoms with E-state index in [0.717, 1.165) is 0 Å². The van der Waals surface area contributed by atoms with Crippen LogP contribution in [0.2, 0.25) is 0 Å². The summed E-state index contributed by atoms with van der Waals surface area (Å²) < 4.78 is 13.3. The first-order valence-corrected chi connectivity index (χ1v) is 4.42. The Bertz CT molecular complexity index is 434. The summed E-state index contributed by atoms with van der Waals surface area (Å²) in [5.74, 6) is -1.90. The van der Waals surface area contributed by atoms with E-state index in [1.807, 2.05) is 0 Å². The first kappa shape index (κ1) is 11.8. The number of nitrogen functional groups attached to an aromatic ring is 2. The Morgan fingerprint density at radius 2 is 2.19 bits per heavy atom. The van der Waals surface area contributed by atoms with Crippen LogP contribution >= 0.6 is 0 Å². The van der Waals surface area contributed by atoms with Gasteiger partial charge in [-0.05, 0) is 12.1 Å². The number of anilines is 3. The maximum absolute atomic E-state index is 13.3. The maximum atomic E-state index is 13.3. The second-order valence-electron chi connectivity index (χ2n) is 3.13. The summed E-state index contributed by atoms with van der Waals surface area (Å²) in [6.07, 6.45) is 1.18. The minimum Gasteiger partial charge on any atom is -0.479 e. The summed E-state index contributed by atoms with van der Waals surface area (Å²) in [5.41, 5.74) is 10.6. The van der Waals surface area contributed by atoms with Crippen LogP contribution in [0.1, 0.15) is 0 Å². The highest BCUT2D eigenvalue weighted by atomic mass is 19.1. The number of aliphatic carboxylic acids is 1. The fraction of sp³-hybridized carbons (Fsp3) is 0.100. The molecule has 16 heavy (non-hydrogen) atoms. The number of carboxylic acids is 1. The number of rotatable bonds is 4. The standard InChI is InChI=1S/C10H12FN3O2/c1-2-6(10(15)16)14-7-4-3-5(12)8(11)9(7)13/h2-4,6,14H,1,12-13H2,(H,15,16). The zero-order chi connectivity index (χ0) is 12.3.